The highest BCUT2D eigenvalue weighted by Gasteiger charge is 2.23. The van der Waals surface area contributed by atoms with Crippen LogP contribution in [-0.4, -0.2) is 18.9 Å². The molecule has 0 saturated carbocycles. The van der Waals surface area contributed by atoms with E-state index < -0.39 is 0 Å². The molecule has 3 heterocycles. The second-order valence-corrected chi connectivity index (χ2v) is 9.59. The fourth-order valence-electron chi connectivity index (χ4n) is 4.67. The number of hydrogen-bond donors (Lipinski definition) is 0. The number of aryl methyl sites for hydroxylation is 3. The molecule has 5 aromatic rings. The van der Waals surface area contributed by atoms with Crippen molar-refractivity contribution in [3.8, 4) is 11.3 Å². The van der Waals surface area contributed by atoms with Crippen LogP contribution >= 0.6 is 0 Å². The van der Waals surface area contributed by atoms with E-state index in [2.05, 4.69) is 93.0 Å². The third-order valence-corrected chi connectivity index (χ3v) is 5.91. The zero-order chi connectivity index (χ0) is 21.2. The zero-order valence-electron chi connectivity index (χ0n) is 18.6. The second kappa shape index (κ2) is 6.43. The number of nitrogens with zero attached hydrogens (tertiary/aromatic N) is 4. The van der Waals surface area contributed by atoms with Crippen molar-refractivity contribution in [1.29, 1.82) is 0 Å². The van der Waals surface area contributed by atoms with E-state index in [-0.39, 0.29) is 5.41 Å². The molecule has 0 aliphatic heterocycles. The van der Waals surface area contributed by atoms with Crippen LogP contribution in [0, 0.1) is 26.2 Å². The standard InChI is InChI=1S/C26H28N4/c1-16-10-9-11-17(2)22(16)21-14-27-24-20-13-8-7-12-19(20)23-25(30(21)24)28-18(3)29(23)15-26(4,5)6/h7-14H,15H2,1-6H3. The Hall–Kier alpha value is -3.14. The van der Waals surface area contributed by atoms with Gasteiger partial charge in [0.1, 0.15) is 11.5 Å². The van der Waals surface area contributed by atoms with Gasteiger partial charge in [0.2, 0.25) is 0 Å². The van der Waals surface area contributed by atoms with E-state index in [9.17, 15) is 0 Å². The Balaban J connectivity index is 1.99. The van der Waals surface area contributed by atoms with Crippen LogP contribution in [0.4, 0.5) is 0 Å². The van der Waals surface area contributed by atoms with E-state index in [1.54, 1.807) is 0 Å². The first-order valence-electron chi connectivity index (χ1n) is 10.6. The Kier molecular flexibility index (Phi) is 4.04. The van der Waals surface area contributed by atoms with E-state index in [1.807, 2.05) is 6.20 Å². The van der Waals surface area contributed by atoms with Crippen molar-refractivity contribution in [2.45, 2.75) is 48.1 Å². The van der Waals surface area contributed by atoms with E-state index in [0.717, 1.165) is 34.7 Å². The van der Waals surface area contributed by atoms with Crippen molar-refractivity contribution < 1.29 is 0 Å². The molecule has 152 valence electrons. The van der Waals surface area contributed by atoms with Crippen LogP contribution in [0.2, 0.25) is 0 Å². The predicted molar refractivity (Wildman–Crippen MR) is 125 cm³/mol. The van der Waals surface area contributed by atoms with Gasteiger partial charge in [-0.2, -0.15) is 0 Å². The highest BCUT2D eigenvalue weighted by atomic mass is 15.2. The maximum absolute atomic E-state index is 5.08. The summed E-state index contributed by atoms with van der Waals surface area (Å²) in [4.78, 5) is 9.96. The third kappa shape index (κ3) is 2.74. The predicted octanol–water partition coefficient (Wildman–Crippen LogP) is 6.48. The topological polar surface area (TPSA) is 35.1 Å². The number of benzene rings is 2. The Morgan fingerprint density at radius 2 is 1.50 bits per heavy atom. The summed E-state index contributed by atoms with van der Waals surface area (Å²) in [5.41, 5.74) is 8.15. The molecule has 0 aliphatic rings. The highest BCUT2D eigenvalue weighted by molar-refractivity contribution is 6.10. The molecule has 0 aliphatic carbocycles. The van der Waals surface area contributed by atoms with Gasteiger partial charge in [-0.1, -0.05) is 63.2 Å². The average Bonchev–Trinajstić information content (AvgIpc) is 3.23. The fraction of sp³-hybridized carbons (Fsp3) is 0.308. The summed E-state index contributed by atoms with van der Waals surface area (Å²) in [7, 11) is 0. The van der Waals surface area contributed by atoms with Gasteiger partial charge in [-0.25, -0.2) is 9.97 Å². The molecule has 5 rings (SSSR count). The molecule has 0 radical (unpaired) electrons. The molecule has 3 aromatic heterocycles. The van der Waals surface area contributed by atoms with Gasteiger partial charge < -0.3 is 4.57 Å². The minimum absolute atomic E-state index is 0.152. The van der Waals surface area contributed by atoms with Gasteiger partial charge in [0.25, 0.3) is 0 Å². The van der Waals surface area contributed by atoms with Crippen LogP contribution in [-0.2, 0) is 6.54 Å². The largest absolute Gasteiger partial charge is 0.326 e. The third-order valence-electron chi connectivity index (χ3n) is 5.91. The van der Waals surface area contributed by atoms with Gasteiger partial charge in [-0.15, -0.1) is 0 Å². The van der Waals surface area contributed by atoms with Gasteiger partial charge in [0.05, 0.1) is 17.4 Å². The summed E-state index contributed by atoms with van der Waals surface area (Å²) < 4.78 is 4.64. The van der Waals surface area contributed by atoms with Crippen molar-refractivity contribution in [2.75, 3.05) is 0 Å². The number of pyridine rings is 1. The molecule has 0 N–H and O–H groups in total. The first-order valence-corrected chi connectivity index (χ1v) is 10.6. The van der Waals surface area contributed by atoms with Gasteiger partial charge in [0, 0.05) is 22.9 Å². The lowest BCUT2D eigenvalue weighted by molar-refractivity contribution is 0.345. The molecule has 4 heteroatoms. The summed E-state index contributed by atoms with van der Waals surface area (Å²) in [5, 5.41) is 2.38. The van der Waals surface area contributed by atoms with E-state index in [0.29, 0.717) is 0 Å². The van der Waals surface area contributed by atoms with Crippen LogP contribution in [0.3, 0.4) is 0 Å². The summed E-state index contributed by atoms with van der Waals surface area (Å²) in [6.07, 6.45) is 2.01. The quantitative estimate of drug-likeness (QED) is 0.342. The van der Waals surface area contributed by atoms with Crippen molar-refractivity contribution >= 4 is 27.6 Å². The Labute approximate surface area is 177 Å². The average molecular weight is 397 g/mol. The lowest BCUT2D eigenvalue weighted by Crippen LogP contribution is -2.16. The molecule has 4 nitrogen and oxygen atoms in total. The summed E-state index contributed by atoms with van der Waals surface area (Å²) in [6, 6.07) is 15.0. The van der Waals surface area contributed by atoms with Gasteiger partial charge in [0.15, 0.2) is 5.65 Å². The number of fused-ring (bicyclic) bond motifs is 6. The van der Waals surface area contributed by atoms with Gasteiger partial charge in [-0.05, 0) is 37.3 Å². The van der Waals surface area contributed by atoms with E-state index in [1.165, 1.54) is 27.6 Å². The maximum Gasteiger partial charge on any atom is 0.165 e. The van der Waals surface area contributed by atoms with Gasteiger partial charge in [-0.3, -0.25) is 4.40 Å². The van der Waals surface area contributed by atoms with E-state index in [4.69, 9.17) is 9.97 Å². The molecule has 0 atom stereocenters. The molecule has 0 unspecified atom stereocenters. The fourth-order valence-corrected chi connectivity index (χ4v) is 4.67. The van der Waals surface area contributed by atoms with Crippen LogP contribution in [0.5, 0.6) is 0 Å². The summed E-state index contributed by atoms with van der Waals surface area (Å²) >= 11 is 0. The first-order chi connectivity index (χ1) is 14.3. The van der Waals surface area contributed by atoms with Crippen LogP contribution in [0.1, 0.15) is 37.7 Å². The monoisotopic (exact) mass is 396 g/mol. The molecule has 0 saturated heterocycles. The lowest BCUT2D eigenvalue weighted by atomic mass is 9.96. The van der Waals surface area contributed by atoms with Crippen LogP contribution in [0.15, 0.2) is 48.7 Å². The van der Waals surface area contributed by atoms with E-state index >= 15 is 0 Å². The number of imidazole rings is 2. The number of aromatic nitrogens is 4. The number of hydrogen-bond acceptors (Lipinski definition) is 2. The molecular formula is C26H28N4. The molecule has 30 heavy (non-hydrogen) atoms. The normalized spacial score (nSPS) is 12.5. The maximum atomic E-state index is 5.08. The zero-order valence-corrected chi connectivity index (χ0v) is 18.6. The van der Waals surface area contributed by atoms with Crippen molar-refractivity contribution in [3.05, 3.63) is 65.6 Å². The summed E-state index contributed by atoms with van der Waals surface area (Å²) in [6.45, 7) is 14.2. The first kappa shape index (κ1) is 18.9. The van der Waals surface area contributed by atoms with Crippen molar-refractivity contribution in [3.63, 3.8) is 0 Å². The molecule has 0 fully saturated rings. The molecule has 0 amide bonds. The smallest absolute Gasteiger partial charge is 0.165 e. The van der Waals surface area contributed by atoms with Crippen LogP contribution < -0.4 is 0 Å². The second-order valence-electron chi connectivity index (χ2n) is 9.59. The Bertz CT molecular complexity index is 1410. The summed E-state index contributed by atoms with van der Waals surface area (Å²) in [5.74, 6) is 1.04. The molecule has 0 spiro atoms. The molecule has 2 aromatic carbocycles. The van der Waals surface area contributed by atoms with Gasteiger partial charge >= 0.3 is 0 Å². The Morgan fingerprint density at radius 1 is 0.833 bits per heavy atom. The van der Waals surface area contributed by atoms with Crippen LogP contribution in [0.25, 0.3) is 38.8 Å². The lowest BCUT2D eigenvalue weighted by Gasteiger charge is -2.21. The highest BCUT2D eigenvalue weighted by Crippen LogP contribution is 2.36. The molecule has 0 bridgehead atoms. The SMILES string of the molecule is Cc1cccc(C)c1-c1cnc2c3ccccc3c3c(nc(C)n3CC(C)(C)C)n12. The number of rotatable bonds is 2. The Morgan fingerprint density at radius 3 is 2.17 bits per heavy atom. The molecular weight excluding hydrogens is 368 g/mol. The minimum atomic E-state index is 0.152. The minimum Gasteiger partial charge on any atom is -0.326 e. The van der Waals surface area contributed by atoms with Crippen molar-refractivity contribution in [1.82, 2.24) is 18.9 Å². The van der Waals surface area contributed by atoms with Crippen molar-refractivity contribution in [2.24, 2.45) is 5.41 Å².